The summed E-state index contributed by atoms with van der Waals surface area (Å²) in [5.41, 5.74) is 2.01. The average Bonchev–Trinajstić information content (AvgIpc) is 3.15. The topological polar surface area (TPSA) is 97.4 Å². The van der Waals surface area contributed by atoms with E-state index < -0.39 is 10.8 Å². The minimum Gasteiger partial charge on any atom is -0.451 e. The van der Waals surface area contributed by atoms with Crippen molar-refractivity contribution in [1.82, 2.24) is 5.32 Å². The Morgan fingerprint density at radius 2 is 1.96 bits per heavy atom. The zero-order valence-corrected chi connectivity index (χ0v) is 16.1. The highest BCUT2D eigenvalue weighted by molar-refractivity contribution is 7.80. The van der Waals surface area contributed by atoms with Gasteiger partial charge in [-0.2, -0.15) is 0 Å². The molecule has 0 radical (unpaired) electrons. The maximum atomic E-state index is 12.4. The number of carbonyl (C=O) groups is 1. The number of nitro groups is 1. The van der Waals surface area contributed by atoms with Crippen molar-refractivity contribution in [2.24, 2.45) is 0 Å². The molecule has 0 saturated heterocycles. The summed E-state index contributed by atoms with van der Waals surface area (Å²) < 4.78 is 5.52. The van der Waals surface area contributed by atoms with Crippen molar-refractivity contribution in [3.8, 4) is 11.3 Å². The predicted octanol–water partition coefficient (Wildman–Crippen LogP) is 4.94. The summed E-state index contributed by atoms with van der Waals surface area (Å²) >= 11 is 11.1. The predicted molar refractivity (Wildman–Crippen MR) is 111 cm³/mol. The first-order valence-corrected chi connectivity index (χ1v) is 8.85. The van der Waals surface area contributed by atoms with Gasteiger partial charge in [-0.3, -0.25) is 20.2 Å². The number of halogens is 1. The van der Waals surface area contributed by atoms with Crippen LogP contribution >= 0.6 is 23.8 Å². The van der Waals surface area contributed by atoms with Crippen LogP contribution in [0.25, 0.3) is 11.3 Å². The number of amides is 1. The van der Waals surface area contributed by atoms with Crippen LogP contribution in [0.2, 0.25) is 5.02 Å². The van der Waals surface area contributed by atoms with Crippen molar-refractivity contribution in [3.63, 3.8) is 0 Å². The van der Waals surface area contributed by atoms with Crippen molar-refractivity contribution >= 4 is 46.2 Å². The van der Waals surface area contributed by atoms with E-state index in [4.69, 9.17) is 28.2 Å². The van der Waals surface area contributed by atoms with E-state index in [2.05, 4.69) is 10.6 Å². The molecule has 0 atom stereocenters. The van der Waals surface area contributed by atoms with E-state index >= 15 is 0 Å². The lowest BCUT2D eigenvalue weighted by Gasteiger charge is -2.11. The molecule has 7 nitrogen and oxygen atoms in total. The molecule has 0 aliphatic rings. The van der Waals surface area contributed by atoms with E-state index in [0.29, 0.717) is 22.0 Å². The van der Waals surface area contributed by atoms with Gasteiger partial charge in [0.25, 0.3) is 11.6 Å². The molecule has 1 amide bonds. The van der Waals surface area contributed by atoms with Gasteiger partial charge >= 0.3 is 0 Å². The molecule has 28 heavy (non-hydrogen) atoms. The first kappa shape index (κ1) is 19.5. The fraction of sp³-hybridized carbons (Fsp3) is 0.0526. The van der Waals surface area contributed by atoms with Crippen LogP contribution in [0.15, 0.2) is 59.0 Å². The normalized spacial score (nSPS) is 10.4. The van der Waals surface area contributed by atoms with Gasteiger partial charge in [0.05, 0.1) is 4.92 Å². The van der Waals surface area contributed by atoms with E-state index in [0.717, 1.165) is 5.56 Å². The third-order valence-corrected chi connectivity index (χ3v) is 4.29. The molecule has 142 valence electrons. The number of benzene rings is 2. The zero-order chi connectivity index (χ0) is 20.3. The van der Waals surface area contributed by atoms with Gasteiger partial charge in [-0.15, -0.1) is 0 Å². The molecular weight excluding hydrogens is 402 g/mol. The number of anilines is 1. The number of nitro benzene ring substituents is 1. The molecule has 0 spiro atoms. The Labute approximate surface area is 170 Å². The number of nitrogens with one attached hydrogen (secondary N) is 2. The number of hydrogen-bond acceptors (Lipinski definition) is 5. The fourth-order valence-corrected chi connectivity index (χ4v) is 2.81. The molecule has 3 rings (SSSR count). The number of nitrogens with zero attached hydrogens (tertiary/aromatic N) is 1. The molecule has 1 aromatic heterocycles. The monoisotopic (exact) mass is 415 g/mol. The lowest BCUT2D eigenvalue weighted by molar-refractivity contribution is -0.384. The molecule has 0 unspecified atom stereocenters. The Hall–Kier alpha value is -3.23. The Morgan fingerprint density at radius 3 is 2.71 bits per heavy atom. The summed E-state index contributed by atoms with van der Waals surface area (Å²) in [4.78, 5) is 22.7. The standard InChI is InChI=1S/C19H14ClN3O4S/c1-11-5-6-13(20)10-15(11)21-19(28)22-18(24)17-8-7-16(27-17)12-3-2-4-14(9-12)23(25)26/h2-10H,1H3,(H2,21,22,24,28). The molecule has 0 aliphatic heterocycles. The van der Waals surface area contributed by atoms with Crippen molar-refractivity contribution in [3.05, 3.63) is 81.1 Å². The van der Waals surface area contributed by atoms with Crippen LogP contribution in [-0.2, 0) is 0 Å². The second kappa shape index (κ2) is 8.20. The first-order chi connectivity index (χ1) is 13.3. The number of hydrogen-bond donors (Lipinski definition) is 2. The Balaban J connectivity index is 1.70. The summed E-state index contributed by atoms with van der Waals surface area (Å²) in [6.07, 6.45) is 0. The van der Waals surface area contributed by atoms with Crippen molar-refractivity contribution in [2.75, 3.05) is 5.32 Å². The van der Waals surface area contributed by atoms with Gasteiger partial charge in [-0.05, 0) is 49.0 Å². The second-order valence-electron chi connectivity index (χ2n) is 5.84. The second-order valence-corrected chi connectivity index (χ2v) is 6.68. The molecule has 0 fully saturated rings. The van der Waals surface area contributed by atoms with Crippen molar-refractivity contribution in [1.29, 1.82) is 0 Å². The minimum absolute atomic E-state index is 0.0217. The molecule has 2 aromatic carbocycles. The Bertz CT molecular complexity index is 1080. The van der Waals surface area contributed by atoms with E-state index in [1.807, 2.05) is 13.0 Å². The number of carbonyl (C=O) groups excluding carboxylic acids is 1. The third kappa shape index (κ3) is 4.54. The van der Waals surface area contributed by atoms with Gasteiger partial charge in [0.2, 0.25) is 0 Å². The summed E-state index contributed by atoms with van der Waals surface area (Å²) in [6, 6.07) is 14.3. The quantitative estimate of drug-likeness (QED) is 0.355. The van der Waals surface area contributed by atoms with E-state index in [9.17, 15) is 14.9 Å². The fourth-order valence-electron chi connectivity index (χ4n) is 2.43. The van der Waals surface area contributed by atoms with Crippen LogP contribution in [0.5, 0.6) is 0 Å². The van der Waals surface area contributed by atoms with Crippen LogP contribution in [0.4, 0.5) is 11.4 Å². The molecule has 0 bridgehead atoms. The molecule has 9 heteroatoms. The smallest absolute Gasteiger partial charge is 0.293 e. The van der Waals surface area contributed by atoms with Crippen LogP contribution in [0, 0.1) is 17.0 Å². The van der Waals surface area contributed by atoms with Crippen LogP contribution in [-0.4, -0.2) is 15.9 Å². The number of non-ortho nitro benzene ring substituents is 1. The van der Waals surface area contributed by atoms with Gasteiger partial charge < -0.3 is 9.73 Å². The zero-order valence-electron chi connectivity index (χ0n) is 14.6. The molecule has 1 heterocycles. The Morgan fingerprint density at radius 1 is 1.18 bits per heavy atom. The van der Waals surface area contributed by atoms with Crippen molar-refractivity contribution in [2.45, 2.75) is 6.92 Å². The highest BCUT2D eigenvalue weighted by Gasteiger charge is 2.15. The van der Waals surface area contributed by atoms with E-state index in [1.54, 1.807) is 30.3 Å². The van der Waals surface area contributed by atoms with Gasteiger partial charge in [-0.25, -0.2) is 0 Å². The molecule has 2 N–H and O–H groups in total. The summed E-state index contributed by atoms with van der Waals surface area (Å²) in [5, 5.41) is 16.9. The maximum Gasteiger partial charge on any atom is 0.293 e. The van der Waals surface area contributed by atoms with Crippen LogP contribution in [0.3, 0.4) is 0 Å². The molecule has 0 saturated carbocycles. The summed E-state index contributed by atoms with van der Waals surface area (Å²) in [6.45, 7) is 1.88. The van der Waals surface area contributed by atoms with Gasteiger partial charge in [-0.1, -0.05) is 29.8 Å². The molecule has 0 aliphatic carbocycles. The lowest BCUT2D eigenvalue weighted by Crippen LogP contribution is -2.34. The number of furan rings is 1. The van der Waals surface area contributed by atoms with E-state index in [-0.39, 0.29) is 16.6 Å². The minimum atomic E-state index is -0.547. The Kier molecular flexibility index (Phi) is 5.72. The summed E-state index contributed by atoms with van der Waals surface area (Å²) in [5.74, 6) is -0.194. The van der Waals surface area contributed by atoms with E-state index in [1.165, 1.54) is 18.2 Å². The average molecular weight is 416 g/mol. The highest BCUT2D eigenvalue weighted by atomic mass is 35.5. The SMILES string of the molecule is Cc1ccc(Cl)cc1NC(=S)NC(=O)c1ccc(-c2cccc([N+](=O)[O-])c2)o1. The lowest BCUT2D eigenvalue weighted by atomic mass is 10.1. The number of rotatable bonds is 4. The highest BCUT2D eigenvalue weighted by Crippen LogP contribution is 2.26. The van der Waals surface area contributed by atoms with Crippen LogP contribution in [0.1, 0.15) is 16.1 Å². The largest absolute Gasteiger partial charge is 0.451 e. The number of thiocarbonyl (C=S) groups is 1. The van der Waals surface area contributed by atoms with Gasteiger partial charge in [0, 0.05) is 28.4 Å². The maximum absolute atomic E-state index is 12.4. The van der Waals surface area contributed by atoms with Gasteiger partial charge in [0.15, 0.2) is 10.9 Å². The molecule has 3 aromatic rings. The van der Waals surface area contributed by atoms with Gasteiger partial charge in [0.1, 0.15) is 5.76 Å². The number of aryl methyl sites for hydroxylation is 1. The summed E-state index contributed by atoms with van der Waals surface area (Å²) in [7, 11) is 0. The first-order valence-electron chi connectivity index (χ1n) is 8.06. The third-order valence-electron chi connectivity index (χ3n) is 3.85. The van der Waals surface area contributed by atoms with Crippen molar-refractivity contribution < 1.29 is 14.1 Å². The van der Waals surface area contributed by atoms with Crippen LogP contribution < -0.4 is 10.6 Å². The molecular formula is C19H14ClN3O4S.